The maximum absolute atomic E-state index is 13.3. The lowest BCUT2D eigenvalue weighted by molar-refractivity contribution is -0.274. The highest BCUT2D eigenvalue weighted by Gasteiger charge is 2.31. The van der Waals surface area contributed by atoms with Gasteiger partial charge in [0, 0.05) is 6.07 Å². The first-order chi connectivity index (χ1) is 8.28. The molecule has 0 amide bonds. The number of benzene rings is 1. The second-order valence-electron chi connectivity index (χ2n) is 3.06. The van der Waals surface area contributed by atoms with Crippen molar-refractivity contribution in [1.82, 2.24) is 0 Å². The number of halogens is 4. The molecule has 7 heteroatoms. The van der Waals surface area contributed by atoms with Crippen molar-refractivity contribution >= 4 is 5.97 Å². The van der Waals surface area contributed by atoms with Crippen molar-refractivity contribution in [3.8, 4) is 17.6 Å². The quantitative estimate of drug-likeness (QED) is 0.658. The summed E-state index contributed by atoms with van der Waals surface area (Å²) in [7, 11) is 0. The number of carbonyl (C=O) groups is 1. The fourth-order valence-corrected chi connectivity index (χ4v) is 1.01. The van der Waals surface area contributed by atoms with Gasteiger partial charge in [-0.05, 0) is 12.1 Å². The molecule has 0 aromatic heterocycles. The topological polar surface area (TPSA) is 46.5 Å². The first kappa shape index (κ1) is 13.8. The molecular formula is C11H6F4O3. The van der Waals surface area contributed by atoms with E-state index in [9.17, 15) is 22.4 Å². The van der Waals surface area contributed by atoms with E-state index in [4.69, 9.17) is 5.11 Å². The predicted molar refractivity (Wildman–Crippen MR) is 52.2 cm³/mol. The van der Waals surface area contributed by atoms with Gasteiger partial charge in [-0.2, -0.15) is 0 Å². The molecule has 0 heterocycles. The van der Waals surface area contributed by atoms with E-state index in [1.165, 1.54) is 0 Å². The number of rotatable bonds is 2. The maximum Gasteiger partial charge on any atom is 0.573 e. The first-order valence-corrected chi connectivity index (χ1v) is 4.54. The van der Waals surface area contributed by atoms with Crippen LogP contribution in [0.1, 0.15) is 12.0 Å². The van der Waals surface area contributed by atoms with Crippen LogP contribution in [0.4, 0.5) is 17.6 Å². The summed E-state index contributed by atoms with van der Waals surface area (Å²) >= 11 is 0. The molecule has 1 rings (SSSR count). The number of hydrogen-bond acceptors (Lipinski definition) is 2. The van der Waals surface area contributed by atoms with E-state index in [1.807, 2.05) is 0 Å². The van der Waals surface area contributed by atoms with Crippen LogP contribution in [0.15, 0.2) is 18.2 Å². The Labute approximate surface area is 99.0 Å². The zero-order valence-corrected chi connectivity index (χ0v) is 8.71. The van der Waals surface area contributed by atoms with Crippen molar-refractivity contribution < 1.29 is 32.2 Å². The standard InChI is InChI=1S/C11H6F4O3/c12-9-6-8(18-11(13,14)15)5-4-7(9)2-1-3-10(16)17/h4-6H,3H2,(H,16,17). The minimum atomic E-state index is -4.90. The van der Waals surface area contributed by atoms with Crippen LogP contribution in [0.3, 0.4) is 0 Å². The zero-order valence-electron chi connectivity index (χ0n) is 8.71. The Hall–Kier alpha value is -2.23. The van der Waals surface area contributed by atoms with Crippen molar-refractivity contribution in [2.75, 3.05) is 0 Å². The molecule has 0 unspecified atom stereocenters. The number of carboxylic acids is 1. The summed E-state index contributed by atoms with van der Waals surface area (Å²) in [5, 5.41) is 8.29. The molecule has 0 fully saturated rings. The van der Waals surface area contributed by atoms with Gasteiger partial charge in [0.1, 0.15) is 18.0 Å². The highest BCUT2D eigenvalue weighted by Crippen LogP contribution is 2.24. The van der Waals surface area contributed by atoms with Crippen LogP contribution in [0.5, 0.6) is 5.75 Å². The summed E-state index contributed by atoms with van der Waals surface area (Å²) in [6, 6.07) is 2.39. The summed E-state index contributed by atoms with van der Waals surface area (Å²) in [6.07, 6.45) is -5.39. The SMILES string of the molecule is O=C(O)CC#Cc1ccc(OC(F)(F)F)cc1F. The summed E-state index contributed by atoms with van der Waals surface area (Å²) < 4.78 is 52.2. The van der Waals surface area contributed by atoms with Crippen LogP contribution in [-0.2, 0) is 4.79 Å². The second-order valence-corrected chi connectivity index (χ2v) is 3.06. The van der Waals surface area contributed by atoms with Crippen LogP contribution in [0.2, 0.25) is 0 Å². The molecule has 3 nitrogen and oxygen atoms in total. The molecule has 0 bridgehead atoms. The van der Waals surface area contributed by atoms with Gasteiger partial charge in [-0.15, -0.1) is 13.2 Å². The Bertz CT molecular complexity index is 511. The largest absolute Gasteiger partial charge is 0.573 e. The maximum atomic E-state index is 13.3. The van der Waals surface area contributed by atoms with Gasteiger partial charge in [-0.25, -0.2) is 4.39 Å². The number of hydrogen-bond donors (Lipinski definition) is 1. The Balaban J connectivity index is 2.85. The fourth-order valence-electron chi connectivity index (χ4n) is 1.01. The minimum Gasteiger partial charge on any atom is -0.481 e. The molecular weight excluding hydrogens is 256 g/mol. The molecule has 0 radical (unpaired) electrons. The van der Waals surface area contributed by atoms with E-state index in [0.717, 1.165) is 12.1 Å². The van der Waals surface area contributed by atoms with Gasteiger partial charge in [-0.3, -0.25) is 4.79 Å². The van der Waals surface area contributed by atoms with Crippen molar-refractivity contribution in [1.29, 1.82) is 0 Å². The van der Waals surface area contributed by atoms with Crippen LogP contribution < -0.4 is 4.74 Å². The lowest BCUT2D eigenvalue weighted by Gasteiger charge is -2.08. The van der Waals surface area contributed by atoms with Gasteiger partial charge in [0.2, 0.25) is 0 Å². The Morgan fingerprint density at radius 3 is 2.56 bits per heavy atom. The van der Waals surface area contributed by atoms with E-state index in [0.29, 0.717) is 6.07 Å². The van der Waals surface area contributed by atoms with Gasteiger partial charge in [-0.1, -0.05) is 11.8 Å². The second kappa shape index (κ2) is 5.40. The van der Waals surface area contributed by atoms with Gasteiger partial charge in [0.05, 0.1) is 5.56 Å². The summed E-state index contributed by atoms with van der Waals surface area (Å²) in [4.78, 5) is 10.1. The lowest BCUT2D eigenvalue weighted by atomic mass is 10.2. The average molecular weight is 262 g/mol. The van der Waals surface area contributed by atoms with Crippen molar-refractivity contribution in [2.45, 2.75) is 12.8 Å². The first-order valence-electron chi connectivity index (χ1n) is 4.54. The summed E-state index contributed by atoms with van der Waals surface area (Å²) in [5.74, 6) is 1.44. The van der Waals surface area contributed by atoms with Crippen molar-refractivity contribution in [2.24, 2.45) is 0 Å². The van der Waals surface area contributed by atoms with Crippen molar-refractivity contribution in [3.63, 3.8) is 0 Å². The molecule has 1 N–H and O–H groups in total. The van der Waals surface area contributed by atoms with Crippen LogP contribution in [0.25, 0.3) is 0 Å². The summed E-state index contributed by atoms with van der Waals surface area (Å²) in [5.41, 5.74) is -0.203. The number of carboxylic acid groups (broad SMARTS) is 1. The van der Waals surface area contributed by atoms with Gasteiger partial charge >= 0.3 is 12.3 Å². The van der Waals surface area contributed by atoms with Gasteiger partial charge in [0.25, 0.3) is 0 Å². The van der Waals surface area contributed by atoms with Gasteiger partial charge < -0.3 is 9.84 Å². The Morgan fingerprint density at radius 2 is 2.06 bits per heavy atom. The van der Waals surface area contributed by atoms with Crippen LogP contribution >= 0.6 is 0 Å². The van der Waals surface area contributed by atoms with Crippen LogP contribution in [0, 0.1) is 17.7 Å². The third-order valence-corrected chi connectivity index (χ3v) is 1.64. The lowest BCUT2D eigenvalue weighted by Crippen LogP contribution is -2.17. The minimum absolute atomic E-state index is 0.203. The van der Waals surface area contributed by atoms with Gasteiger partial charge in [0.15, 0.2) is 0 Å². The molecule has 0 aliphatic rings. The molecule has 0 aliphatic heterocycles. The Kier molecular flexibility index (Phi) is 4.15. The molecule has 1 aromatic rings. The number of alkyl halides is 3. The highest BCUT2D eigenvalue weighted by atomic mass is 19.4. The number of ether oxygens (including phenoxy) is 1. The molecule has 0 atom stereocenters. The summed E-state index contributed by atoms with van der Waals surface area (Å²) in [6.45, 7) is 0. The molecule has 0 saturated heterocycles. The fraction of sp³-hybridized carbons (Fsp3) is 0.182. The van der Waals surface area contributed by atoms with E-state index in [-0.39, 0.29) is 5.56 Å². The van der Waals surface area contributed by atoms with E-state index >= 15 is 0 Å². The van der Waals surface area contributed by atoms with Crippen molar-refractivity contribution in [3.05, 3.63) is 29.6 Å². The van der Waals surface area contributed by atoms with E-state index < -0.39 is 30.3 Å². The van der Waals surface area contributed by atoms with E-state index in [2.05, 4.69) is 16.6 Å². The van der Waals surface area contributed by atoms with Crippen LogP contribution in [-0.4, -0.2) is 17.4 Å². The zero-order chi connectivity index (χ0) is 13.8. The molecule has 18 heavy (non-hydrogen) atoms. The Morgan fingerprint density at radius 1 is 1.39 bits per heavy atom. The van der Waals surface area contributed by atoms with E-state index in [1.54, 1.807) is 0 Å². The molecule has 0 aliphatic carbocycles. The molecule has 0 saturated carbocycles. The smallest absolute Gasteiger partial charge is 0.481 e. The molecule has 96 valence electrons. The average Bonchev–Trinajstić information content (AvgIpc) is 2.18. The number of aliphatic carboxylic acids is 1. The normalized spacial score (nSPS) is 10.4. The molecule has 1 aromatic carbocycles. The monoisotopic (exact) mass is 262 g/mol. The third-order valence-electron chi connectivity index (χ3n) is 1.64. The molecule has 0 spiro atoms. The predicted octanol–water partition coefficient (Wildman–Crippen LogP) is 2.55. The third kappa shape index (κ3) is 4.74. The highest BCUT2D eigenvalue weighted by molar-refractivity contribution is 5.70.